The van der Waals surface area contributed by atoms with E-state index in [1.807, 2.05) is 0 Å². The van der Waals surface area contributed by atoms with Gasteiger partial charge in [-0.3, -0.25) is 0 Å². The van der Waals surface area contributed by atoms with Gasteiger partial charge in [-0.1, -0.05) is 6.92 Å². The summed E-state index contributed by atoms with van der Waals surface area (Å²) in [6, 6.07) is 0. The second-order valence-electron chi connectivity index (χ2n) is 6.08. The van der Waals surface area contributed by atoms with Gasteiger partial charge in [-0.25, -0.2) is 9.97 Å². The Labute approximate surface area is 140 Å². The lowest BCUT2D eigenvalue weighted by Gasteiger charge is -2.22. The zero-order valence-electron chi connectivity index (χ0n) is 12.7. The molecule has 2 fully saturated rings. The van der Waals surface area contributed by atoms with Crippen LogP contribution < -0.4 is 5.32 Å². The van der Waals surface area contributed by atoms with E-state index < -0.39 is 0 Å². The fourth-order valence-electron chi connectivity index (χ4n) is 2.76. The summed E-state index contributed by atoms with van der Waals surface area (Å²) in [6.45, 7) is 4.04. The molecule has 1 atom stereocenters. The lowest BCUT2D eigenvalue weighted by Crippen LogP contribution is -2.23. The van der Waals surface area contributed by atoms with Crippen molar-refractivity contribution >= 4 is 28.4 Å². The van der Waals surface area contributed by atoms with Crippen molar-refractivity contribution in [1.82, 2.24) is 9.97 Å². The maximum Gasteiger partial charge on any atom is 0.143 e. The summed E-state index contributed by atoms with van der Waals surface area (Å²) in [6.07, 6.45) is 8.44. The van der Waals surface area contributed by atoms with Crippen molar-refractivity contribution in [2.24, 2.45) is 0 Å². The molecule has 2 heterocycles. The number of ether oxygens (including phenoxy) is 1. The second-order valence-corrected chi connectivity index (χ2v) is 7.16. The Hall–Kier alpha value is -0.430. The van der Waals surface area contributed by atoms with Crippen LogP contribution in [0, 0.1) is 3.57 Å². The van der Waals surface area contributed by atoms with Crippen molar-refractivity contribution in [2.75, 3.05) is 18.5 Å². The molecular weight excluding hydrogens is 377 g/mol. The topological polar surface area (TPSA) is 47.0 Å². The van der Waals surface area contributed by atoms with E-state index in [-0.39, 0.29) is 0 Å². The van der Waals surface area contributed by atoms with Crippen LogP contribution in [0.1, 0.15) is 62.9 Å². The Morgan fingerprint density at radius 2 is 2.10 bits per heavy atom. The molecule has 3 rings (SSSR count). The van der Waals surface area contributed by atoms with Crippen molar-refractivity contribution in [2.45, 2.75) is 63.9 Å². The Morgan fingerprint density at radius 1 is 1.24 bits per heavy atom. The zero-order valence-corrected chi connectivity index (χ0v) is 14.9. The Morgan fingerprint density at radius 3 is 2.76 bits per heavy atom. The van der Waals surface area contributed by atoms with Crippen LogP contribution in [0.25, 0.3) is 0 Å². The Kier molecular flexibility index (Phi) is 5.32. The van der Waals surface area contributed by atoms with Gasteiger partial charge in [-0.15, -0.1) is 0 Å². The van der Waals surface area contributed by atoms with E-state index in [1.54, 1.807) is 0 Å². The van der Waals surface area contributed by atoms with Gasteiger partial charge >= 0.3 is 0 Å². The molecule has 0 spiro atoms. The maximum atomic E-state index is 5.85. The monoisotopic (exact) mass is 401 g/mol. The van der Waals surface area contributed by atoms with Crippen LogP contribution in [-0.4, -0.2) is 29.2 Å². The molecule has 0 bridgehead atoms. The number of rotatable bonds is 6. The molecule has 1 unspecified atom stereocenters. The predicted molar refractivity (Wildman–Crippen MR) is 92.8 cm³/mol. The summed E-state index contributed by atoms with van der Waals surface area (Å²) in [5.74, 6) is 2.65. The lowest BCUT2D eigenvalue weighted by molar-refractivity contribution is 0.0156. The fourth-order valence-corrected chi connectivity index (χ4v) is 3.64. The van der Waals surface area contributed by atoms with E-state index in [4.69, 9.17) is 14.7 Å². The van der Waals surface area contributed by atoms with Gasteiger partial charge in [0.1, 0.15) is 11.6 Å². The molecule has 5 heteroatoms. The van der Waals surface area contributed by atoms with E-state index in [9.17, 15) is 0 Å². The molecule has 1 saturated carbocycles. The Balaban J connectivity index is 1.79. The molecule has 1 saturated heterocycles. The van der Waals surface area contributed by atoms with Gasteiger partial charge < -0.3 is 10.1 Å². The number of halogens is 1. The molecule has 4 nitrogen and oxygen atoms in total. The third-order valence-corrected chi connectivity index (χ3v) is 5.18. The molecule has 0 radical (unpaired) electrons. The summed E-state index contributed by atoms with van der Waals surface area (Å²) >= 11 is 2.40. The fraction of sp³-hybridized carbons (Fsp3) is 0.750. The number of hydrogen-bond donors (Lipinski definition) is 1. The standard InChI is InChI=1S/C16H24IN3O/c1-2-8-18-16-14(17)15(11-6-7-11)19-13(20-16)10-12-5-3-4-9-21-12/h11-12H,2-10H2,1H3,(H,18,19,20). The molecule has 0 amide bonds. The molecule has 1 aromatic heterocycles. The van der Waals surface area contributed by atoms with Crippen molar-refractivity contribution < 1.29 is 4.74 Å². The molecule has 21 heavy (non-hydrogen) atoms. The van der Waals surface area contributed by atoms with Gasteiger partial charge in [0.15, 0.2) is 0 Å². The molecule has 1 aliphatic heterocycles. The summed E-state index contributed by atoms with van der Waals surface area (Å²) < 4.78 is 7.07. The summed E-state index contributed by atoms with van der Waals surface area (Å²) in [7, 11) is 0. The first-order valence-corrected chi connectivity index (χ1v) is 9.27. The zero-order chi connectivity index (χ0) is 14.7. The van der Waals surface area contributed by atoms with Gasteiger partial charge in [-0.2, -0.15) is 0 Å². The SMILES string of the molecule is CCCNc1nc(CC2CCCCO2)nc(C2CC2)c1I. The highest BCUT2D eigenvalue weighted by atomic mass is 127. The first-order chi connectivity index (χ1) is 10.3. The number of anilines is 1. The quantitative estimate of drug-likeness (QED) is 0.735. The van der Waals surface area contributed by atoms with Crippen molar-refractivity contribution in [3.8, 4) is 0 Å². The number of aromatic nitrogens is 2. The molecule has 116 valence electrons. The van der Waals surface area contributed by atoms with Gasteiger partial charge in [0.2, 0.25) is 0 Å². The van der Waals surface area contributed by atoms with Crippen molar-refractivity contribution in [3.05, 3.63) is 15.1 Å². The van der Waals surface area contributed by atoms with Crippen LogP contribution in [0.5, 0.6) is 0 Å². The second kappa shape index (κ2) is 7.22. The minimum absolute atomic E-state index is 0.310. The molecule has 2 aliphatic rings. The number of nitrogens with one attached hydrogen (secondary N) is 1. The number of hydrogen-bond acceptors (Lipinski definition) is 4. The van der Waals surface area contributed by atoms with Crippen LogP contribution in [0.3, 0.4) is 0 Å². The van der Waals surface area contributed by atoms with Gasteiger partial charge in [0.25, 0.3) is 0 Å². The first kappa shape index (κ1) is 15.5. The number of nitrogens with zero attached hydrogens (tertiary/aromatic N) is 2. The van der Waals surface area contributed by atoms with E-state index in [1.165, 1.54) is 34.9 Å². The highest BCUT2D eigenvalue weighted by Crippen LogP contribution is 2.42. The van der Waals surface area contributed by atoms with Crippen LogP contribution in [0.2, 0.25) is 0 Å². The molecule has 1 aliphatic carbocycles. The highest BCUT2D eigenvalue weighted by molar-refractivity contribution is 14.1. The van der Waals surface area contributed by atoms with Crippen molar-refractivity contribution in [3.63, 3.8) is 0 Å². The molecule has 0 aromatic carbocycles. The van der Waals surface area contributed by atoms with E-state index in [0.717, 1.165) is 44.1 Å². The molecular formula is C16H24IN3O. The van der Waals surface area contributed by atoms with E-state index in [0.29, 0.717) is 12.0 Å². The summed E-state index contributed by atoms with van der Waals surface area (Å²) in [5.41, 5.74) is 1.26. The smallest absolute Gasteiger partial charge is 0.143 e. The third kappa shape index (κ3) is 4.06. The maximum absolute atomic E-state index is 5.85. The highest BCUT2D eigenvalue weighted by Gasteiger charge is 2.30. The van der Waals surface area contributed by atoms with Crippen LogP contribution in [-0.2, 0) is 11.2 Å². The minimum Gasteiger partial charge on any atom is -0.378 e. The van der Waals surface area contributed by atoms with Crippen LogP contribution >= 0.6 is 22.6 Å². The van der Waals surface area contributed by atoms with Crippen molar-refractivity contribution in [1.29, 1.82) is 0 Å². The van der Waals surface area contributed by atoms with Gasteiger partial charge in [0.05, 0.1) is 15.4 Å². The first-order valence-electron chi connectivity index (χ1n) is 8.19. The molecule has 1 N–H and O–H groups in total. The lowest BCUT2D eigenvalue weighted by atomic mass is 10.1. The normalized spacial score (nSPS) is 22.3. The van der Waals surface area contributed by atoms with E-state index in [2.05, 4.69) is 34.8 Å². The van der Waals surface area contributed by atoms with Crippen LogP contribution in [0.15, 0.2) is 0 Å². The third-order valence-electron chi connectivity index (χ3n) is 4.11. The average molecular weight is 401 g/mol. The van der Waals surface area contributed by atoms with Gasteiger partial charge in [0, 0.05) is 25.5 Å². The van der Waals surface area contributed by atoms with E-state index >= 15 is 0 Å². The molecule has 1 aromatic rings. The van der Waals surface area contributed by atoms with Gasteiger partial charge in [-0.05, 0) is 61.1 Å². The summed E-state index contributed by atoms with van der Waals surface area (Å²) in [5, 5.41) is 3.46. The van der Waals surface area contributed by atoms with Crippen LogP contribution in [0.4, 0.5) is 5.82 Å². The summed E-state index contributed by atoms with van der Waals surface area (Å²) in [4.78, 5) is 9.62. The predicted octanol–water partition coefficient (Wildman–Crippen LogP) is 3.89. The largest absolute Gasteiger partial charge is 0.378 e. The minimum atomic E-state index is 0.310. The average Bonchev–Trinajstić information content (AvgIpc) is 3.33. The Bertz CT molecular complexity index is 485.